The third-order valence-electron chi connectivity index (χ3n) is 3.71. The Bertz CT molecular complexity index is 743. The largest absolute Gasteiger partial charge is 0.318 e. The van der Waals surface area contributed by atoms with Gasteiger partial charge in [-0.05, 0) is 30.0 Å². The minimum Gasteiger partial charge on any atom is -0.318 e. The Labute approximate surface area is 138 Å². The Morgan fingerprint density at radius 3 is 2.39 bits per heavy atom. The number of hydrogen-bond acceptors (Lipinski definition) is 4. The normalized spacial score (nSPS) is 12.5. The van der Waals surface area contributed by atoms with E-state index in [2.05, 4.69) is 35.7 Å². The molecule has 0 aliphatic carbocycles. The SMILES string of the molecule is CCn1cnnc1CCNS(=O)(=O)c1ccc(C(C)(C)C)cc1. The molecule has 0 aliphatic heterocycles. The molecular formula is C16H24N4O2S. The van der Waals surface area contributed by atoms with E-state index in [0.717, 1.165) is 17.9 Å². The summed E-state index contributed by atoms with van der Waals surface area (Å²) in [6, 6.07) is 7.03. The molecule has 0 saturated carbocycles. The summed E-state index contributed by atoms with van der Waals surface area (Å²) in [6.07, 6.45) is 2.15. The quantitative estimate of drug-likeness (QED) is 0.876. The lowest BCUT2D eigenvalue weighted by Crippen LogP contribution is -2.27. The molecule has 0 aliphatic rings. The molecule has 1 aromatic heterocycles. The Morgan fingerprint density at radius 1 is 1.17 bits per heavy atom. The molecule has 0 unspecified atom stereocenters. The Balaban J connectivity index is 2.01. The van der Waals surface area contributed by atoms with Crippen molar-refractivity contribution >= 4 is 10.0 Å². The molecule has 126 valence electrons. The molecule has 0 spiro atoms. The van der Waals surface area contributed by atoms with Gasteiger partial charge in [0, 0.05) is 19.5 Å². The number of benzene rings is 1. The molecule has 1 N–H and O–H groups in total. The van der Waals surface area contributed by atoms with Crippen molar-refractivity contribution in [1.29, 1.82) is 0 Å². The second kappa shape index (κ2) is 6.80. The molecule has 1 heterocycles. The number of aryl methyl sites for hydroxylation is 1. The van der Waals surface area contributed by atoms with Crippen LogP contribution in [0.2, 0.25) is 0 Å². The molecule has 0 bridgehead atoms. The van der Waals surface area contributed by atoms with Crippen LogP contribution in [-0.2, 0) is 28.4 Å². The van der Waals surface area contributed by atoms with E-state index in [4.69, 9.17) is 0 Å². The smallest absolute Gasteiger partial charge is 0.240 e. The Morgan fingerprint density at radius 2 is 1.83 bits per heavy atom. The van der Waals surface area contributed by atoms with E-state index in [1.807, 2.05) is 23.6 Å². The zero-order chi connectivity index (χ0) is 17.1. The van der Waals surface area contributed by atoms with Gasteiger partial charge in [-0.25, -0.2) is 13.1 Å². The predicted octanol–water partition coefficient (Wildman–Crippen LogP) is 2.12. The number of aromatic nitrogens is 3. The predicted molar refractivity (Wildman–Crippen MR) is 89.7 cm³/mol. The Kier molecular flexibility index (Phi) is 5.21. The summed E-state index contributed by atoms with van der Waals surface area (Å²) in [5, 5.41) is 7.83. The van der Waals surface area contributed by atoms with E-state index >= 15 is 0 Å². The van der Waals surface area contributed by atoms with Crippen LogP contribution in [0.5, 0.6) is 0 Å². The van der Waals surface area contributed by atoms with Gasteiger partial charge in [-0.1, -0.05) is 32.9 Å². The number of nitrogens with one attached hydrogen (secondary N) is 1. The zero-order valence-corrected chi connectivity index (χ0v) is 14.9. The molecule has 6 nitrogen and oxygen atoms in total. The standard InChI is InChI=1S/C16H24N4O2S/c1-5-20-12-17-19-15(20)10-11-18-23(21,22)14-8-6-13(7-9-14)16(2,3)4/h6-9,12,18H,5,10-11H2,1-4H3. The maximum Gasteiger partial charge on any atom is 0.240 e. The van der Waals surface area contributed by atoms with E-state index < -0.39 is 10.0 Å². The van der Waals surface area contributed by atoms with Crippen LogP contribution < -0.4 is 4.72 Å². The lowest BCUT2D eigenvalue weighted by Gasteiger charge is -2.19. The monoisotopic (exact) mass is 336 g/mol. The maximum absolute atomic E-state index is 12.3. The van der Waals surface area contributed by atoms with Crippen molar-refractivity contribution in [3.05, 3.63) is 42.0 Å². The van der Waals surface area contributed by atoms with Crippen LogP contribution in [0.25, 0.3) is 0 Å². The lowest BCUT2D eigenvalue weighted by molar-refractivity contribution is 0.576. The van der Waals surface area contributed by atoms with E-state index in [9.17, 15) is 8.42 Å². The summed E-state index contributed by atoms with van der Waals surface area (Å²) in [5.41, 5.74) is 1.10. The second-order valence-electron chi connectivity index (χ2n) is 6.46. The van der Waals surface area contributed by atoms with Crippen molar-refractivity contribution in [2.75, 3.05) is 6.54 Å². The first-order chi connectivity index (χ1) is 10.7. The molecule has 7 heteroatoms. The molecule has 0 fully saturated rings. The van der Waals surface area contributed by atoms with Gasteiger partial charge in [-0.3, -0.25) is 0 Å². The number of nitrogens with zero attached hydrogens (tertiary/aromatic N) is 3. The summed E-state index contributed by atoms with van der Waals surface area (Å²) < 4.78 is 29.2. The van der Waals surface area contributed by atoms with Gasteiger partial charge >= 0.3 is 0 Å². The van der Waals surface area contributed by atoms with Crippen LogP contribution in [0.15, 0.2) is 35.5 Å². The minimum absolute atomic E-state index is 0.0000504. The van der Waals surface area contributed by atoms with Gasteiger partial charge in [0.25, 0.3) is 0 Å². The van der Waals surface area contributed by atoms with Crippen molar-refractivity contribution in [1.82, 2.24) is 19.5 Å². The Hall–Kier alpha value is -1.73. The highest BCUT2D eigenvalue weighted by atomic mass is 32.2. The third kappa shape index (κ3) is 4.39. The first-order valence-corrected chi connectivity index (χ1v) is 9.19. The van der Waals surface area contributed by atoms with Crippen LogP contribution in [0.1, 0.15) is 39.1 Å². The molecule has 2 rings (SSSR count). The third-order valence-corrected chi connectivity index (χ3v) is 5.18. The fourth-order valence-electron chi connectivity index (χ4n) is 2.25. The summed E-state index contributed by atoms with van der Waals surface area (Å²) in [5.74, 6) is 0.776. The van der Waals surface area contributed by atoms with Crippen LogP contribution in [0, 0.1) is 0 Å². The van der Waals surface area contributed by atoms with Crippen molar-refractivity contribution < 1.29 is 8.42 Å². The van der Waals surface area contributed by atoms with Crippen LogP contribution >= 0.6 is 0 Å². The molecule has 0 atom stereocenters. The molecule has 1 aromatic carbocycles. The average molecular weight is 336 g/mol. The first kappa shape index (κ1) is 17.6. The van der Waals surface area contributed by atoms with Gasteiger partial charge in [0.05, 0.1) is 4.90 Å². The fraction of sp³-hybridized carbons (Fsp3) is 0.500. The number of hydrogen-bond donors (Lipinski definition) is 1. The van der Waals surface area contributed by atoms with Gasteiger partial charge in [0.2, 0.25) is 10.0 Å². The maximum atomic E-state index is 12.3. The molecular weight excluding hydrogens is 312 g/mol. The van der Waals surface area contributed by atoms with Crippen LogP contribution in [-0.4, -0.2) is 29.7 Å². The molecule has 2 aromatic rings. The van der Waals surface area contributed by atoms with Crippen LogP contribution in [0.4, 0.5) is 0 Å². The van der Waals surface area contributed by atoms with Crippen molar-refractivity contribution in [3.63, 3.8) is 0 Å². The summed E-state index contributed by atoms with van der Waals surface area (Å²) in [6.45, 7) is 9.34. The van der Waals surface area contributed by atoms with E-state index in [1.165, 1.54) is 0 Å². The molecule has 23 heavy (non-hydrogen) atoms. The average Bonchev–Trinajstić information content (AvgIpc) is 2.94. The van der Waals surface area contributed by atoms with Crippen molar-refractivity contribution in [3.8, 4) is 0 Å². The molecule has 0 amide bonds. The van der Waals surface area contributed by atoms with Gasteiger partial charge in [0.15, 0.2) is 0 Å². The zero-order valence-electron chi connectivity index (χ0n) is 14.1. The summed E-state index contributed by atoms with van der Waals surface area (Å²) in [7, 11) is -3.50. The van der Waals surface area contributed by atoms with Gasteiger partial charge in [-0.15, -0.1) is 10.2 Å². The van der Waals surface area contributed by atoms with Crippen molar-refractivity contribution in [2.24, 2.45) is 0 Å². The van der Waals surface area contributed by atoms with Gasteiger partial charge in [0.1, 0.15) is 12.2 Å². The van der Waals surface area contributed by atoms with Gasteiger partial charge in [-0.2, -0.15) is 0 Å². The number of sulfonamides is 1. The topological polar surface area (TPSA) is 76.9 Å². The highest BCUT2D eigenvalue weighted by molar-refractivity contribution is 7.89. The first-order valence-electron chi connectivity index (χ1n) is 7.71. The summed E-state index contributed by atoms with van der Waals surface area (Å²) in [4.78, 5) is 0.280. The minimum atomic E-state index is -3.50. The van der Waals surface area contributed by atoms with E-state index in [-0.39, 0.29) is 10.3 Å². The second-order valence-corrected chi connectivity index (χ2v) is 8.22. The summed E-state index contributed by atoms with van der Waals surface area (Å²) >= 11 is 0. The lowest BCUT2D eigenvalue weighted by atomic mass is 9.87. The van der Waals surface area contributed by atoms with Crippen LogP contribution in [0.3, 0.4) is 0 Å². The highest BCUT2D eigenvalue weighted by Gasteiger charge is 2.17. The molecule has 0 saturated heterocycles. The molecule has 0 radical (unpaired) electrons. The highest BCUT2D eigenvalue weighted by Crippen LogP contribution is 2.23. The van der Waals surface area contributed by atoms with Crippen molar-refractivity contribution in [2.45, 2.75) is 51.0 Å². The van der Waals surface area contributed by atoms with E-state index in [0.29, 0.717) is 13.0 Å². The number of rotatable bonds is 6. The van der Waals surface area contributed by atoms with Gasteiger partial charge < -0.3 is 4.57 Å². The van der Waals surface area contributed by atoms with E-state index in [1.54, 1.807) is 18.5 Å². The fourth-order valence-corrected chi connectivity index (χ4v) is 3.28.